The molecule has 1 N–H and O–H groups in total. The Labute approximate surface area is 159 Å². The highest BCUT2D eigenvalue weighted by atomic mass is 32.2. The summed E-state index contributed by atoms with van der Waals surface area (Å²) in [5, 5.41) is 1.96. The first-order valence-corrected chi connectivity index (χ1v) is 10.7. The zero-order chi connectivity index (χ0) is 19.2. The molecular formula is C19H24N2O3S2. The topological polar surface area (TPSA) is 66.5 Å². The zero-order valence-corrected chi connectivity index (χ0v) is 16.7. The number of nitrogens with one attached hydrogen (secondary N) is 1. The highest BCUT2D eigenvalue weighted by Crippen LogP contribution is 2.17. The van der Waals surface area contributed by atoms with Crippen LogP contribution < -0.4 is 4.72 Å². The molecule has 26 heavy (non-hydrogen) atoms. The largest absolute Gasteiger partial charge is 0.334 e. The molecule has 2 rings (SSSR count). The normalized spacial score (nSPS) is 11.3. The minimum Gasteiger partial charge on any atom is -0.334 e. The number of amides is 1. The first kappa shape index (κ1) is 20.4. The number of rotatable bonds is 9. The van der Waals surface area contributed by atoms with Crippen molar-refractivity contribution >= 4 is 27.3 Å². The van der Waals surface area contributed by atoms with Crippen LogP contribution in [-0.4, -0.2) is 32.3 Å². The SMILES string of the molecule is C=CCN(Cc1cccs1)C(=O)CCNS(=O)(=O)c1cc(C)ccc1C. The maximum atomic E-state index is 12.5. The van der Waals surface area contributed by atoms with Crippen molar-refractivity contribution in [1.29, 1.82) is 0 Å². The molecule has 1 aromatic heterocycles. The van der Waals surface area contributed by atoms with E-state index in [1.54, 1.807) is 41.4 Å². The van der Waals surface area contributed by atoms with Gasteiger partial charge in [0.1, 0.15) is 0 Å². The van der Waals surface area contributed by atoms with Gasteiger partial charge in [-0.15, -0.1) is 17.9 Å². The van der Waals surface area contributed by atoms with Gasteiger partial charge in [0.15, 0.2) is 0 Å². The molecule has 7 heteroatoms. The molecule has 0 aliphatic heterocycles. The van der Waals surface area contributed by atoms with Crippen molar-refractivity contribution in [2.24, 2.45) is 0 Å². The van der Waals surface area contributed by atoms with Crippen molar-refractivity contribution in [2.75, 3.05) is 13.1 Å². The summed E-state index contributed by atoms with van der Waals surface area (Å²) >= 11 is 1.58. The van der Waals surface area contributed by atoms with E-state index in [9.17, 15) is 13.2 Å². The fraction of sp³-hybridized carbons (Fsp3) is 0.316. The molecule has 0 saturated heterocycles. The number of hydrogen-bond donors (Lipinski definition) is 1. The number of carbonyl (C=O) groups excluding carboxylic acids is 1. The summed E-state index contributed by atoms with van der Waals surface area (Å²) in [5.74, 6) is -0.109. The Hall–Kier alpha value is -1.96. The fourth-order valence-corrected chi connectivity index (χ4v) is 4.60. The van der Waals surface area contributed by atoms with Crippen molar-refractivity contribution in [3.63, 3.8) is 0 Å². The van der Waals surface area contributed by atoms with E-state index < -0.39 is 10.0 Å². The van der Waals surface area contributed by atoms with Crippen molar-refractivity contribution < 1.29 is 13.2 Å². The minimum absolute atomic E-state index is 0.0621. The number of carbonyl (C=O) groups is 1. The van der Waals surface area contributed by atoms with Crippen LogP contribution in [0, 0.1) is 13.8 Å². The molecule has 0 fully saturated rings. The molecular weight excluding hydrogens is 368 g/mol. The van der Waals surface area contributed by atoms with Crippen LogP contribution >= 0.6 is 11.3 Å². The van der Waals surface area contributed by atoms with Gasteiger partial charge in [-0.05, 0) is 42.5 Å². The Morgan fingerprint density at radius 2 is 2.08 bits per heavy atom. The lowest BCUT2D eigenvalue weighted by molar-refractivity contribution is -0.131. The van der Waals surface area contributed by atoms with E-state index in [0.29, 0.717) is 18.7 Å². The van der Waals surface area contributed by atoms with Gasteiger partial charge in [0.05, 0.1) is 11.4 Å². The van der Waals surface area contributed by atoms with E-state index in [0.717, 1.165) is 10.4 Å². The van der Waals surface area contributed by atoms with Gasteiger partial charge < -0.3 is 4.90 Å². The maximum absolute atomic E-state index is 12.5. The molecule has 1 aromatic carbocycles. The summed E-state index contributed by atoms with van der Waals surface area (Å²) in [7, 11) is -3.64. The molecule has 0 saturated carbocycles. The zero-order valence-electron chi connectivity index (χ0n) is 15.1. The third-order valence-electron chi connectivity index (χ3n) is 3.89. The summed E-state index contributed by atoms with van der Waals surface area (Å²) in [6.45, 7) is 8.29. The monoisotopic (exact) mass is 392 g/mol. The average molecular weight is 393 g/mol. The van der Waals surface area contributed by atoms with Crippen LogP contribution in [0.5, 0.6) is 0 Å². The second-order valence-corrected chi connectivity index (χ2v) is 8.83. The lowest BCUT2D eigenvalue weighted by Gasteiger charge is -2.20. The first-order chi connectivity index (χ1) is 12.3. The van der Waals surface area contributed by atoms with Gasteiger partial charge >= 0.3 is 0 Å². The van der Waals surface area contributed by atoms with Crippen molar-refractivity contribution in [1.82, 2.24) is 9.62 Å². The molecule has 2 aromatic rings. The van der Waals surface area contributed by atoms with Gasteiger partial charge in [-0.1, -0.05) is 24.3 Å². The van der Waals surface area contributed by atoms with E-state index in [2.05, 4.69) is 11.3 Å². The second kappa shape index (κ2) is 9.12. The minimum atomic E-state index is -3.64. The smallest absolute Gasteiger partial charge is 0.240 e. The summed E-state index contributed by atoms with van der Waals surface area (Å²) in [6, 6.07) is 9.20. The van der Waals surface area contributed by atoms with Gasteiger partial charge in [-0.25, -0.2) is 13.1 Å². The van der Waals surface area contributed by atoms with E-state index in [4.69, 9.17) is 0 Å². The lowest BCUT2D eigenvalue weighted by atomic mass is 10.2. The highest BCUT2D eigenvalue weighted by molar-refractivity contribution is 7.89. The number of hydrogen-bond acceptors (Lipinski definition) is 4. The van der Waals surface area contributed by atoms with Crippen LogP contribution in [0.3, 0.4) is 0 Å². The lowest BCUT2D eigenvalue weighted by Crippen LogP contribution is -2.34. The number of sulfonamides is 1. The molecule has 0 radical (unpaired) electrons. The number of aryl methyl sites for hydroxylation is 2. The van der Waals surface area contributed by atoms with E-state index in [1.165, 1.54) is 0 Å². The predicted molar refractivity (Wildman–Crippen MR) is 106 cm³/mol. The second-order valence-electron chi connectivity index (χ2n) is 6.06. The first-order valence-electron chi connectivity index (χ1n) is 8.31. The molecule has 0 spiro atoms. The summed E-state index contributed by atoms with van der Waals surface area (Å²) < 4.78 is 27.5. The molecule has 0 aliphatic carbocycles. The molecule has 140 valence electrons. The third kappa shape index (κ3) is 5.52. The molecule has 1 heterocycles. The number of thiophene rings is 1. The Morgan fingerprint density at radius 1 is 1.31 bits per heavy atom. The van der Waals surface area contributed by atoms with Gasteiger partial charge in [0.25, 0.3) is 0 Å². The Bertz CT molecular complexity index is 859. The third-order valence-corrected chi connectivity index (χ3v) is 6.36. The van der Waals surface area contributed by atoms with Crippen LogP contribution in [0.4, 0.5) is 0 Å². The van der Waals surface area contributed by atoms with Gasteiger partial charge in [0, 0.05) is 24.4 Å². The van der Waals surface area contributed by atoms with Crippen LogP contribution in [0.15, 0.2) is 53.3 Å². The van der Waals surface area contributed by atoms with Crippen molar-refractivity contribution in [2.45, 2.75) is 31.7 Å². The van der Waals surface area contributed by atoms with Crippen LogP contribution in [-0.2, 0) is 21.4 Å². The molecule has 0 bridgehead atoms. The molecule has 1 amide bonds. The van der Waals surface area contributed by atoms with E-state index in [-0.39, 0.29) is 23.8 Å². The highest BCUT2D eigenvalue weighted by Gasteiger charge is 2.18. The fourth-order valence-electron chi connectivity index (χ4n) is 2.53. The van der Waals surface area contributed by atoms with Crippen LogP contribution in [0.2, 0.25) is 0 Å². The standard InChI is InChI=1S/C19H24N2O3S2/c1-4-11-21(14-17-6-5-12-25-17)19(22)9-10-20-26(23,24)18-13-15(2)7-8-16(18)3/h4-8,12-13,20H,1,9-11,14H2,2-3H3. The Morgan fingerprint density at radius 3 is 2.73 bits per heavy atom. The van der Waals surface area contributed by atoms with Crippen LogP contribution in [0.1, 0.15) is 22.4 Å². The van der Waals surface area contributed by atoms with Gasteiger partial charge in [-0.3, -0.25) is 4.79 Å². The summed E-state index contributed by atoms with van der Waals surface area (Å²) in [5.41, 5.74) is 1.56. The molecule has 0 aliphatic rings. The maximum Gasteiger partial charge on any atom is 0.240 e. The Balaban J connectivity index is 1.97. The predicted octanol–water partition coefficient (Wildman–Crippen LogP) is 3.25. The average Bonchev–Trinajstić information content (AvgIpc) is 3.09. The van der Waals surface area contributed by atoms with Crippen molar-refractivity contribution in [3.05, 3.63) is 64.4 Å². The molecule has 5 nitrogen and oxygen atoms in total. The quantitative estimate of drug-likeness (QED) is 0.666. The van der Waals surface area contributed by atoms with E-state index in [1.807, 2.05) is 30.5 Å². The number of benzene rings is 1. The molecule has 0 atom stereocenters. The van der Waals surface area contributed by atoms with E-state index >= 15 is 0 Å². The summed E-state index contributed by atoms with van der Waals surface area (Å²) in [6.07, 6.45) is 1.77. The number of nitrogens with zero attached hydrogens (tertiary/aromatic N) is 1. The van der Waals surface area contributed by atoms with Crippen molar-refractivity contribution in [3.8, 4) is 0 Å². The van der Waals surface area contributed by atoms with Gasteiger partial charge in [-0.2, -0.15) is 0 Å². The summed E-state index contributed by atoms with van der Waals surface area (Å²) in [4.78, 5) is 15.5. The van der Waals surface area contributed by atoms with Gasteiger partial charge in [0.2, 0.25) is 15.9 Å². The Kier molecular flexibility index (Phi) is 7.14. The van der Waals surface area contributed by atoms with Crippen LogP contribution in [0.25, 0.3) is 0 Å². The molecule has 0 unspecified atom stereocenters.